The average molecular weight is 274 g/mol. The molecular weight excluding hydrogens is 256 g/mol. The van der Waals surface area contributed by atoms with E-state index in [1.165, 1.54) is 0 Å². The number of aromatic nitrogens is 2. The van der Waals surface area contributed by atoms with Gasteiger partial charge in [0.05, 0.1) is 11.1 Å². The third kappa shape index (κ3) is 2.09. The first-order chi connectivity index (χ1) is 9.45. The lowest BCUT2D eigenvalue weighted by molar-refractivity contribution is -0.147. The molecule has 1 aliphatic rings. The van der Waals surface area contributed by atoms with Crippen LogP contribution in [0.2, 0.25) is 0 Å². The molecule has 1 aromatic rings. The Kier molecular flexibility index (Phi) is 3.62. The Balaban J connectivity index is 2.39. The molecule has 6 heteroatoms. The van der Waals surface area contributed by atoms with Crippen molar-refractivity contribution in [3.63, 3.8) is 0 Å². The molecule has 1 saturated heterocycles. The first-order valence-corrected chi connectivity index (χ1v) is 6.67. The highest BCUT2D eigenvalue weighted by Crippen LogP contribution is 2.37. The third-order valence-corrected chi connectivity index (χ3v) is 4.33. The van der Waals surface area contributed by atoms with Crippen LogP contribution in [0.25, 0.3) is 0 Å². The van der Waals surface area contributed by atoms with Crippen molar-refractivity contribution < 1.29 is 9.90 Å². The fraction of sp³-hybridized carbons (Fsp3) is 0.571. The van der Waals surface area contributed by atoms with Crippen LogP contribution < -0.4 is 4.90 Å². The van der Waals surface area contributed by atoms with Gasteiger partial charge in [-0.15, -0.1) is 5.10 Å². The summed E-state index contributed by atoms with van der Waals surface area (Å²) < 4.78 is 0. The Morgan fingerprint density at radius 2 is 2.20 bits per heavy atom. The van der Waals surface area contributed by atoms with Gasteiger partial charge in [-0.05, 0) is 32.3 Å². The van der Waals surface area contributed by atoms with E-state index < -0.39 is 11.4 Å². The summed E-state index contributed by atoms with van der Waals surface area (Å²) in [5.41, 5.74) is 1.29. The first-order valence-electron chi connectivity index (χ1n) is 6.67. The van der Waals surface area contributed by atoms with Gasteiger partial charge in [-0.25, -0.2) is 0 Å². The summed E-state index contributed by atoms with van der Waals surface area (Å²) >= 11 is 0. The third-order valence-electron chi connectivity index (χ3n) is 4.33. The summed E-state index contributed by atoms with van der Waals surface area (Å²) in [7, 11) is 0. The van der Waals surface area contributed by atoms with Gasteiger partial charge in [0.2, 0.25) is 0 Å². The first kappa shape index (κ1) is 14.3. The molecule has 0 bridgehead atoms. The number of carbonyl (C=O) groups is 1. The zero-order chi connectivity index (χ0) is 14.9. The number of rotatable bonds is 3. The Morgan fingerprint density at radius 3 is 2.70 bits per heavy atom. The Hall–Kier alpha value is -2.16. The van der Waals surface area contributed by atoms with Gasteiger partial charge < -0.3 is 10.0 Å². The average Bonchev–Trinajstić information content (AvgIpc) is 2.87. The zero-order valence-corrected chi connectivity index (χ0v) is 12.0. The van der Waals surface area contributed by atoms with Gasteiger partial charge in [0, 0.05) is 13.1 Å². The molecular formula is C14H18N4O2. The van der Waals surface area contributed by atoms with E-state index in [9.17, 15) is 15.2 Å². The molecule has 20 heavy (non-hydrogen) atoms. The number of anilines is 1. The normalized spacial score (nSPS) is 21.8. The van der Waals surface area contributed by atoms with Crippen molar-refractivity contribution in [2.24, 2.45) is 5.41 Å². The van der Waals surface area contributed by atoms with Crippen LogP contribution in [-0.4, -0.2) is 34.4 Å². The number of nitrogens with zero attached hydrogens (tertiary/aromatic N) is 4. The molecule has 6 nitrogen and oxygen atoms in total. The number of carboxylic acid groups (broad SMARTS) is 1. The van der Waals surface area contributed by atoms with Crippen LogP contribution in [-0.2, 0) is 4.79 Å². The van der Waals surface area contributed by atoms with E-state index >= 15 is 0 Å². The number of hydrogen-bond acceptors (Lipinski definition) is 5. The van der Waals surface area contributed by atoms with Crippen molar-refractivity contribution >= 4 is 11.8 Å². The van der Waals surface area contributed by atoms with Crippen molar-refractivity contribution in [3.05, 3.63) is 16.8 Å². The SMILES string of the molecule is CCC1(C(=O)O)CCN(c2nnc(C)c(C)c2C#N)C1. The lowest BCUT2D eigenvalue weighted by Gasteiger charge is -2.24. The number of hydrogen-bond donors (Lipinski definition) is 1. The summed E-state index contributed by atoms with van der Waals surface area (Å²) in [6, 6.07) is 2.16. The van der Waals surface area contributed by atoms with Crippen LogP contribution >= 0.6 is 0 Å². The molecule has 0 aliphatic carbocycles. The standard InChI is InChI=1S/C14H18N4O2/c1-4-14(13(19)20)5-6-18(8-14)12-11(7-15)9(2)10(3)16-17-12/h4-6,8H2,1-3H3,(H,19,20). The minimum Gasteiger partial charge on any atom is -0.481 e. The summed E-state index contributed by atoms with van der Waals surface area (Å²) in [6.07, 6.45) is 1.14. The number of aryl methyl sites for hydroxylation is 1. The smallest absolute Gasteiger partial charge is 0.311 e. The van der Waals surface area contributed by atoms with E-state index in [4.69, 9.17) is 0 Å². The second-order valence-corrected chi connectivity index (χ2v) is 5.33. The van der Waals surface area contributed by atoms with Crippen molar-refractivity contribution in [2.75, 3.05) is 18.0 Å². The maximum absolute atomic E-state index is 11.5. The summed E-state index contributed by atoms with van der Waals surface area (Å²) in [5, 5.41) is 26.9. The van der Waals surface area contributed by atoms with Crippen LogP contribution in [0.5, 0.6) is 0 Å². The van der Waals surface area contributed by atoms with E-state index in [1.807, 2.05) is 25.7 Å². The summed E-state index contributed by atoms with van der Waals surface area (Å²) in [6.45, 7) is 6.50. The summed E-state index contributed by atoms with van der Waals surface area (Å²) in [5.74, 6) is -0.273. The predicted molar refractivity (Wildman–Crippen MR) is 73.4 cm³/mol. The Bertz CT molecular complexity index is 594. The fourth-order valence-corrected chi connectivity index (χ4v) is 2.62. The molecule has 0 amide bonds. The van der Waals surface area contributed by atoms with E-state index in [0.717, 1.165) is 11.3 Å². The molecule has 1 aromatic heterocycles. The number of carboxylic acids is 1. The molecule has 106 valence electrons. The van der Waals surface area contributed by atoms with Gasteiger partial charge in [-0.1, -0.05) is 6.92 Å². The molecule has 0 spiro atoms. The second kappa shape index (κ2) is 5.08. The zero-order valence-electron chi connectivity index (χ0n) is 12.0. The van der Waals surface area contributed by atoms with Gasteiger partial charge in [0.25, 0.3) is 0 Å². The lowest BCUT2D eigenvalue weighted by Crippen LogP contribution is -2.34. The Morgan fingerprint density at radius 1 is 1.50 bits per heavy atom. The topological polar surface area (TPSA) is 90.1 Å². The van der Waals surface area contributed by atoms with Crippen LogP contribution in [0.1, 0.15) is 36.6 Å². The van der Waals surface area contributed by atoms with Gasteiger partial charge in [0.1, 0.15) is 11.6 Å². The van der Waals surface area contributed by atoms with Gasteiger partial charge >= 0.3 is 5.97 Å². The maximum Gasteiger partial charge on any atom is 0.311 e. The highest BCUT2D eigenvalue weighted by Gasteiger charge is 2.44. The number of aliphatic carboxylic acids is 1. The molecule has 1 unspecified atom stereocenters. The minimum absolute atomic E-state index is 0.380. The van der Waals surface area contributed by atoms with Gasteiger partial charge in [0.15, 0.2) is 5.82 Å². The van der Waals surface area contributed by atoms with E-state index in [-0.39, 0.29) is 0 Å². The molecule has 1 N–H and O–H groups in total. The van der Waals surface area contributed by atoms with Crippen molar-refractivity contribution in [1.82, 2.24) is 10.2 Å². The number of nitriles is 1. The van der Waals surface area contributed by atoms with Gasteiger partial charge in [-0.3, -0.25) is 4.79 Å². The van der Waals surface area contributed by atoms with Crippen molar-refractivity contribution in [2.45, 2.75) is 33.6 Å². The van der Waals surface area contributed by atoms with Crippen molar-refractivity contribution in [1.29, 1.82) is 5.26 Å². The van der Waals surface area contributed by atoms with E-state index in [2.05, 4.69) is 16.3 Å². The highest BCUT2D eigenvalue weighted by atomic mass is 16.4. The predicted octanol–water partition coefficient (Wildman–Crippen LogP) is 1.66. The quantitative estimate of drug-likeness (QED) is 0.901. The maximum atomic E-state index is 11.5. The fourth-order valence-electron chi connectivity index (χ4n) is 2.62. The van der Waals surface area contributed by atoms with Crippen molar-refractivity contribution in [3.8, 4) is 6.07 Å². The van der Waals surface area contributed by atoms with E-state index in [1.54, 1.807) is 0 Å². The minimum atomic E-state index is -0.780. The highest BCUT2D eigenvalue weighted by molar-refractivity contribution is 5.77. The molecule has 1 aliphatic heterocycles. The largest absolute Gasteiger partial charge is 0.481 e. The monoisotopic (exact) mass is 274 g/mol. The summed E-state index contributed by atoms with van der Waals surface area (Å²) in [4.78, 5) is 13.3. The second-order valence-electron chi connectivity index (χ2n) is 5.33. The molecule has 0 saturated carbocycles. The van der Waals surface area contributed by atoms with Crippen LogP contribution in [0.15, 0.2) is 0 Å². The molecule has 0 aromatic carbocycles. The molecule has 1 atom stereocenters. The van der Waals surface area contributed by atoms with Gasteiger partial charge in [-0.2, -0.15) is 10.4 Å². The van der Waals surface area contributed by atoms with Crippen LogP contribution in [0.4, 0.5) is 5.82 Å². The molecule has 2 heterocycles. The molecule has 0 radical (unpaired) electrons. The molecule has 2 rings (SSSR count). The lowest BCUT2D eigenvalue weighted by atomic mass is 9.84. The van der Waals surface area contributed by atoms with Crippen LogP contribution in [0, 0.1) is 30.6 Å². The Labute approximate surface area is 118 Å². The van der Waals surface area contributed by atoms with Crippen LogP contribution in [0.3, 0.4) is 0 Å². The molecule has 1 fully saturated rings. The van der Waals surface area contributed by atoms with E-state index in [0.29, 0.717) is 37.3 Å².